The maximum absolute atomic E-state index is 11.7. The van der Waals surface area contributed by atoms with Crippen LogP contribution in [0.5, 0.6) is 0 Å². The summed E-state index contributed by atoms with van der Waals surface area (Å²) < 4.78 is 12.2. The standard InChI is InChI=1S/C13H23N3O3/c1-5-19-13(17)12-15-14-11(4)16(12)7-6-8-18-9-10(2)3/h10H,5-9H2,1-4H3. The van der Waals surface area contributed by atoms with Crippen LogP contribution in [-0.2, 0) is 16.0 Å². The molecule has 0 saturated carbocycles. The molecule has 1 rings (SSSR count). The van der Waals surface area contributed by atoms with Crippen molar-refractivity contribution in [3.63, 3.8) is 0 Å². The van der Waals surface area contributed by atoms with Crippen molar-refractivity contribution >= 4 is 5.97 Å². The number of hydrogen-bond acceptors (Lipinski definition) is 5. The van der Waals surface area contributed by atoms with Crippen LogP contribution >= 0.6 is 0 Å². The maximum atomic E-state index is 11.7. The Morgan fingerprint density at radius 3 is 2.74 bits per heavy atom. The van der Waals surface area contributed by atoms with Crippen LogP contribution in [0, 0.1) is 12.8 Å². The Morgan fingerprint density at radius 1 is 1.37 bits per heavy atom. The fraction of sp³-hybridized carbons (Fsp3) is 0.769. The highest BCUT2D eigenvalue weighted by molar-refractivity contribution is 5.85. The van der Waals surface area contributed by atoms with Gasteiger partial charge in [0.25, 0.3) is 0 Å². The van der Waals surface area contributed by atoms with E-state index in [4.69, 9.17) is 9.47 Å². The van der Waals surface area contributed by atoms with Gasteiger partial charge < -0.3 is 14.0 Å². The minimum Gasteiger partial charge on any atom is -0.460 e. The average Bonchev–Trinajstić information content (AvgIpc) is 2.70. The molecular formula is C13H23N3O3. The zero-order valence-electron chi connectivity index (χ0n) is 12.2. The van der Waals surface area contributed by atoms with Crippen molar-refractivity contribution in [2.45, 2.75) is 40.7 Å². The highest BCUT2D eigenvalue weighted by atomic mass is 16.5. The highest BCUT2D eigenvalue weighted by Gasteiger charge is 2.17. The van der Waals surface area contributed by atoms with Crippen LogP contribution in [0.15, 0.2) is 0 Å². The van der Waals surface area contributed by atoms with E-state index in [0.717, 1.165) is 13.0 Å². The molecule has 0 atom stereocenters. The molecule has 0 spiro atoms. The number of carbonyl (C=O) groups excluding carboxylic acids is 1. The van der Waals surface area contributed by atoms with E-state index in [1.807, 2.05) is 6.92 Å². The molecule has 0 N–H and O–H groups in total. The average molecular weight is 269 g/mol. The van der Waals surface area contributed by atoms with Gasteiger partial charge in [0.1, 0.15) is 5.82 Å². The van der Waals surface area contributed by atoms with Gasteiger partial charge in [-0.05, 0) is 26.2 Å². The first-order valence-corrected chi connectivity index (χ1v) is 6.70. The van der Waals surface area contributed by atoms with Crippen LogP contribution in [0.1, 0.15) is 43.6 Å². The molecule has 1 aromatic rings. The van der Waals surface area contributed by atoms with Gasteiger partial charge in [0.2, 0.25) is 5.82 Å². The van der Waals surface area contributed by atoms with E-state index in [2.05, 4.69) is 24.0 Å². The molecule has 0 aliphatic rings. The van der Waals surface area contributed by atoms with E-state index >= 15 is 0 Å². The molecule has 6 nitrogen and oxygen atoms in total. The summed E-state index contributed by atoms with van der Waals surface area (Å²) in [5.74, 6) is 1.09. The van der Waals surface area contributed by atoms with Crippen LogP contribution in [0.25, 0.3) is 0 Å². The normalized spacial score (nSPS) is 11.0. The van der Waals surface area contributed by atoms with E-state index < -0.39 is 5.97 Å². The van der Waals surface area contributed by atoms with Crippen LogP contribution in [0.3, 0.4) is 0 Å². The predicted molar refractivity (Wildman–Crippen MR) is 71.0 cm³/mol. The Kier molecular flexibility index (Phi) is 6.49. The summed E-state index contributed by atoms with van der Waals surface area (Å²) in [6.07, 6.45) is 0.817. The van der Waals surface area contributed by atoms with Gasteiger partial charge in [-0.25, -0.2) is 4.79 Å². The second-order valence-corrected chi connectivity index (χ2v) is 4.77. The molecule has 0 radical (unpaired) electrons. The van der Waals surface area contributed by atoms with Crippen molar-refractivity contribution in [1.29, 1.82) is 0 Å². The van der Waals surface area contributed by atoms with Crippen molar-refractivity contribution in [2.24, 2.45) is 5.92 Å². The van der Waals surface area contributed by atoms with Crippen molar-refractivity contribution in [3.8, 4) is 0 Å². The second-order valence-electron chi connectivity index (χ2n) is 4.77. The van der Waals surface area contributed by atoms with E-state index in [9.17, 15) is 4.79 Å². The Morgan fingerprint density at radius 2 is 2.11 bits per heavy atom. The molecule has 6 heteroatoms. The third kappa shape index (κ3) is 4.98. The topological polar surface area (TPSA) is 66.2 Å². The molecule has 0 aliphatic carbocycles. The van der Waals surface area contributed by atoms with Gasteiger partial charge >= 0.3 is 5.97 Å². The van der Waals surface area contributed by atoms with E-state index in [1.54, 1.807) is 11.5 Å². The van der Waals surface area contributed by atoms with Crippen LogP contribution in [-0.4, -0.2) is 40.6 Å². The number of carbonyl (C=O) groups is 1. The molecule has 0 fully saturated rings. The van der Waals surface area contributed by atoms with Crippen LogP contribution < -0.4 is 0 Å². The number of hydrogen-bond donors (Lipinski definition) is 0. The third-order valence-electron chi connectivity index (χ3n) is 2.52. The molecule has 0 unspecified atom stereocenters. The zero-order valence-corrected chi connectivity index (χ0v) is 12.2. The Bertz CT molecular complexity index is 402. The summed E-state index contributed by atoms with van der Waals surface area (Å²) in [7, 11) is 0. The number of aromatic nitrogens is 3. The lowest BCUT2D eigenvalue weighted by Crippen LogP contribution is -2.15. The molecule has 0 bridgehead atoms. The van der Waals surface area contributed by atoms with Gasteiger partial charge in [0.05, 0.1) is 6.61 Å². The lowest BCUT2D eigenvalue weighted by atomic mass is 10.2. The molecule has 1 heterocycles. The second kappa shape index (κ2) is 7.89. The molecule has 0 aliphatic heterocycles. The lowest BCUT2D eigenvalue weighted by molar-refractivity contribution is 0.0503. The minimum absolute atomic E-state index is 0.267. The third-order valence-corrected chi connectivity index (χ3v) is 2.52. The summed E-state index contributed by atoms with van der Waals surface area (Å²) >= 11 is 0. The molecule has 108 valence electrons. The molecule has 0 saturated heterocycles. The summed E-state index contributed by atoms with van der Waals surface area (Å²) in [6.45, 7) is 10.2. The van der Waals surface area contributed by atoms with Crippen LogP contribution in [0.2, 0.25) is 0 Å². The molecule has 19 heavy (non-hydrogen) atoms. The van der Waals surface area contributed by atoms with Gasteiger partial charge in [-0.3, -0.25) is 0 Å². The number of rotatable bonds is 8. The first kappa shape index (κ1) is 15.6. The van der Waals surface area contributed by atoms with Crippen molar-refractivity contribution in [2.75, 3.05) is 19.8 Å². The van der Waals surface area contributed by atoms with E-state index in [1.165, 1.54) is 0 Å². The van der Waals surface area contributed by atoms with E-state index in [0.29, 0.717) is 31.5 Å². The van der Waals surface area contributed by atoms with E-state index in [-0.39, 0.29) is 5.82 Å². The summed E-state index contributed by atoms with van der Waals surface area (Å²) in [5, 5.41) is 7.78. The smallest absolute Gasteiger partial charge is 0.376 e. The maximum Gasteiger partial charge on any atom is 0.376 e. The number of esters is 1. The monoisotopic (exact) mass is 269 g/mol. The molecule has 1 aromatic heterocycles. The molecule has 0 amide bonds. The van der Waals surface area contributed by atoms with Crippen molar-refractivity contribution in [3.05, 3.63) is 11.6 Å². The summed E-state index contributed by atoms with van der Waals surface area (Å²) in [6, 6.07) is 0. The zero-order chi connectivity index (χ0) is 14.3. The fourth-order valence-electron chi connectivity index (χ4n) is 1.64. The Hall–Kier alpha value is -1.43. The number of ether oxygens (including phenoxy) is 2. The largest absolute Gasteiger partial charge is 0.460 e. The predicted octanol–water partition coefficient (Wildman–Crippen LogP) is 1.83. The van der Waals surface area contributed by atoms with Gasteiger partial charge in [-0.2, -0.15) is 0 Å². The quantitative estimate of drug-likeness (QED) is 0.532. The van der Waals surface area contributed by atoms with Crippen LogP contribution in [0.4, 0.5) is 0 Å². The van der Waals surface area contributed by atoms with Gasteiger partial charge in [-0.15, -0.1) is 10.2 Å². The molecular weight excluding hydrogens is 246 g/mol. The van der Waals surface area contributed by atoms with Crippen molar-refractivity contribution in [1.82, 2.24) is 14.8 Å². The lowest BCUT2D eigenvalue weighted by Gasteiger charge is -2.09. The van der Waals surface area contributed by atoms with Gasteiger partial charge in [-0.1, -0.05) is 13.8 Å². The Balaban J connectivity index is 2.48. The van der Waals surface area contributed by atoms with Gasteiger partial charge in [0.15, 0.2) is 0 Å². The van der Waals surface area contributed by atoms with Gasteiger partial charge in [0, 0.05) is 19.8 Å². The molecule has 0 aromatic carbocycles. The summed E-state index contributed by atoms with van der Waals surface area (Å²) in [5.41, 5.74) is 0. The first-order chi connectivity index (χ1) is 9.06. The SMILES string of the molecule is CCOC(=O)c1nnc(C)n1CCCOCC(C)C. The number of aryl methyl sites for hydroxylation is 1. The summed E-state index contributed by atoms with van der Waals surface area (Å²) in [4.78, 5) is 11.7. The minimum atomic E-state index is -0.425. The van der Waals surface area contributed by atoms with Crippen molar-refractivity contribution < 1.29 is 14.3 Å². The highest BCUT2D eigenvalue weighted by Crippen LogP contribution is 2.05. The number of nitrogens with zero attached hydrogens (tertiary/aromatic N) is 3. The fourth-order valence-corrected chi connectivity index (χ4v) is 1.64. The first-order valence-electron chi connectivity index (χ1n) is 6.70. The Labute approximate surface area is 114 Å².